The minimum absolute atomic E-state index is 0.168. The molecule has 1 aliphatic rings. The molecule has 32 heavy (non-hydrogen) atoms. The molecule has 2 unspecified atom stereocenters. The first kappa shape index (κ1) is 21.3. The first-order valence-electron chi connectivity index (χ1n) is 9.88. The zero-order chi connectivity index (χ0) is 22.1. The number of halogens is 2. The smallest absolute Gasteiger partial charge is 0.174 e. The Hall–Kier alpha value is -2.51. The Morgan fingerprint density at radius 2 is 1.62 bits per heavy atom. The summed E-state index contributed by atoms with van der Waals surface area (Å²) in [5, 5.41) is 6.20. The van der Waals surface area contributed by atoms with Crippen molar-refractivity contribution in [1.29, 1.82) is 0 Å². The Balaban J connectivity index is 1.52. The molecule has 4 aromatic rings. The van der Waals surface area contributed by atoms with Crippen LogP contribution in [0.5, 0.6) is 0 Å². The first-order valence-corrected chi connectivity index (χ1v) is 11.9. The fourth-order valence-corrected chi connectivity index (χ4v) is 5.07. The second kappa shape index (κ2) is 9.16. The second-order valence-electron chi connectivity index (χ2n) is 7.19. The van der Waals surface area contributed by atoms with E-state index in [-0.39, 0.29) is 12.1 Å². The van der Waals surface area contributed by atoms with Gasteiger partial charge in [0.05, 0.1) is 11.7 Å². The number of aromatic nitrogens is 1. The van der Waals surface area contributed by atoms with Crippen molar-refractivity contribution < 1.29 is 4.42 Å². The van der Waals surface area contributed by atoms with Gasteiger partial charge in [-0.05, 0) is 85.0 Å². The van der Waals surface area contributed by atoms with Gasteiger partial charge in [0.2, 0.25) is 0 Å². The van der Waals surface area contributed by atoms with Gasteiger partial charge in [-0.3, -0.25) is 4.98 Å². The third-order valence-corrected chi connectivity index (χ3v) is 6.88. The minimum Gasteiger partial charge on any atom is -0.452 e. The van der Waals surface area contributed by atoms with Crippen molar-refractivity contribution in [1.82, 2.24) is 10.3 Å². The molecule has 4 nitrogen and oxygen atoms in total. The van der Waals surface area contributed by atoms with E-state index >= 15 is 0 Å². The van der Waals surface area contributed by atoms with Crippen LogP contribution in [0.4, 0.5) is 5.69 Å². The zero-order valence-electron chi connectivity index (χ0n) is 16.6. The first-order chi connectivity index (χ1) is 15.6. The van der Waals surface area contributed by atoms with E-state index in [1.165, 1.54) is 0 Å². The topological polar surface area (TPSA) is 41.3 Å². The second-order valence-corrected chi connectivity index (χ2v) is 9.52. The molecular weight excluding hydrogens is 481 g/mol. The molecule has 0 spiro atoms. The van der Waals surface area contributed by atoms with Crippen molar-refractivity contribution in [3.8, 4) is 0 Å². The number of anilines is 1. The lowest BCUT2D eigenvalue weighted by molar-refractivity contribution is 0.383. The molecule has 0 saturated carbocycles. The summed E-state index contributed by atoms with van der Waals surface area (Å²) < 4.78 is 6.31. The quantitative estimate of drug-likeness (QED) is 0.291. The molecule has 1 N–H and O–H groups in total. The summed E-state index contributed by atoms with van der Waals surface area (Å²) in [7, 11) is 0. The highest BCUT2D eigenvalue weighted by Gasteiger charge is 2.42. The van der Waals surface area contributed by atoms with E-state index in [9.17, 15) is 0 Å². The summed E-state index contributed by atoms with van der Waals surface area (Å²) in [5.41, 5.74) is 1.82. The van der Waals surface area contributed by atoms with Crippen molar-refractivity contribution in [2.24, 2.45) is 0 Å². The minimum atomic E-state index is -0.210. The molecule has 5 rings (SSSR count). The fourth-order valence-electron chi connectivity index (χ4n) is 3.69. The molecule has 1 fully saturated rings. The zero-order valence-corrected chi connectivity index (χ0v) is 19.8. The van der Waals surface area contributed by atoms with Crippen LogP contribution in [0, 0.1) is 0 Å². The van der Waals surface area contributed by atoms with E-state index in [4.69, 9.17) is 39.8 Å². The lowest BCUT2D eigenvalue weighted by Gasteiger charge is -2.26. The third-order valence-electron chi connectivity index (χ3n) is 5.13. The average molecular weight is 498 g/mol. The van der Waals surface area contributed by atoms with Gasteiger partial charge in [0.1, 0.15) is 11.8 Å². The summed E-state index contributed by atoms with van der Waals surface area (Å²) in [6.45, 7) is 0. The number of thiocarbonyl (C=S) groups is 1. The number of nitrogens with one attached hydrogen (secondary N) is 1. The fraction of sp³-hybridized carbons (Fsp3) is 0.0833. The average Bonchev–Trinajstić information content (AvgIpc) is 3.40. The van der Waals surface area contributed by atoms with Gasteiger partial charge in [-0.2, -0.15) is 0 Å². The molecule has 3 heterocycles. The summed E-state index contributed by atoms with van der Waals surface area (Å²) >= 11 is 19.4. The van der Waals surface area contributed by atoms with Crippen molar-refractivity contribution in [3.05, 3.63) is 107 Å². The highest BCUT2D eigenvalue weighted by atomic mass is 35.5. The third kappa shape index (κ3) is 4.36. The van der Waals surface area contributed by atoms with Crippen LogP contribution >= 0.6 is 47.2 Å². The summed E-state index contributed by atoms with van der Waals surface area (Å²) in [5.74, 6) is 0.791. The molecule has 0 bridgehead atoms. The van der Waals surface area contributed by atoms with Crippen molar-refractivity contribution in [2.45, 2.75) is 22.1 Å². The molecule has 0 radical (unpaired) electrons. The SMILES string of the molecule is S=C1NC(c2ccccn2)C(c2ccc(Sc3ccc(Cl)cc3)o2)N1c1ccc(Cl)cc1. The standard InChI is InChI=1S/C24H17Cl2N3OS2/c25-15-4-8-17(9-5-15)29-23(22(28-24(29)31)19-3-1-2-14-27-19)20-12-13-21(30-20)32-18-10-6-16(26)7-11-18/h1-14,22-23H,(H,28,31). The Bertz CT molecular complexity index is 1230. The van der Waals surface area contributed by atoms with E-state index in [1.54, 1.807) is 18.0 Å². The molecule has 2 atom stereocenters. The van der Waals surface area contributed by atoms with E-state index in [0.29, 0.717) is 15.2 Å². The van der Waals surface area contributed by atoms with Gasteiger partial charge < -0.3 is 14.6 Å². The number of nitrogens with zero attached hydrogens (tertiary/aromatic N) is 2. The van der Waals surface area contributed by atoms with E-state index in [0.717, 1.165) is 27.1 Å². The van der Waals surface area contributed by atoms with Gasteiger partial charge in [0.15, 0.2) is 10.2 Å². The number of benzene rings is 2. The van der Waals surface area contributed by atoms with E-state index in [2.05, 4.69) is 15.2 Å². The Morgan fingerprint density at radius 3 is 2.31 bits per heavy atom. The lowest BCUT2D eigenvalue weighted by Crippen LogP contribution is -2.29. The monoisotopic (exact) mass is 497 g/mol. The maximum atomic E-state index is 6.31. The molecule has 2 aromatic carbocycles. The van der Waals surface area contributed by atoms with Gasteiger partial charge >= 0.3 is 0 Å². The predicted octanol–water partition coefficient (Wildman–Crippen LogP) is 7.31. The highest BCUT2D eigenvalue weighted by molar-refractivity contribution is 7.99. The molecule has 0 aliphatic carbocycles. The van der Waals surface area contributed by atoms with Crippen LogP contribution < -0.4 is 10.2 Å². The van der Waals surface area contributed by atoms with Gasteiger partial charge in [0.25, 0.3) is 0 Å². The largest absolute Gasteiger partial charge is 0.452 e. The number of hydrogen-bond donors (Lipinski definition) is 1. The summed E-state index contributed by atoms with van der Waals surface area (Å²) in [4.78, 5) is 7.67. The normalized spacial score (nSPS) is 18.1. The van der Waals surface area contributed by atoms with Crippen molar-refractivity contribution in [2.75, 3.05) is 4.90 Å². The van der Waals surface area contributed by atoms with E-state index < -0.39 is 0 Å². The molecule has 1 saturated heterocycles. The molecular formula is C24H17Cl2N3OS2. The van der Waals surface area contributed by atoms with Crippen LogP contribution in [0.3, 0.4) is 0 Å². The number of pyridine rings is 1. The van der Waals surface area contributed by atoms with Crippen LogP contribution in [0.1, 0.15) is 23.5 Å². The van der Waals surface area contributed by atoms with Gasteiger partial charge in [-0.1, -0.05) is 41.0 Å². The van der Waals surface area contributed by atoms with Gasteiger partial charge in [0, 0.05) is 26.8 Å². The maximum Gasteiger partial charge on any atom is 0.174 e. The van der Waals surface area contributed by atoms with Gasteiger partial charge in [-0.15, -0.1) is 0 Å². The highest BCUT2D eigenvalue weighted by Crippen LogP contribution is 2.43. The Morgan fingerprint density at radius 1 is 0.906 bits per heavy atom. The van der Waals surface area contributed by atoms with E-state index in [1.807, 2.05) is 78.9 Å². The Labute approximate surface area is 205 Å². The number of furan rings is 1. The van der Waals surface area contributed by atoms with Crippen molar-refractivity contribution in [3.63, 3.8) is 0 Å². The van der Waals surface area contributed by atoms with Crippen LogP contribution in [0.25, 0.3) is 0 Å². The van der Waals surface area contributed by atoms with Crippen molar-refractivity contribution >= 4 is 58.0 Å². The van der Waals surface area contributed by atoms with Gasteiger partial charge in [-0.25, -0.2) is 0 Å². The summed E-state index contributed by atoms with van der Waals surface area (Å²) in [6, 6.07) is 24.8. The molecule has 1 aliphatic heterocycles. The number of rotatable bonds is 5. The Kier molecular flexibility index (Phi) is 6.11. The lowest BCUT2D eigenvalue weighted by atomic mass is 10.0. The van der Waals surface area contributed by atoms with Crippen LogP contribution in [0.15, 0.2) is 99.5 Å². The van der Waals surface area contributed by atoms with Crippen LogP contribution in [-0.2, 0) is 0 Å². The van der Waals surface area contributed by atoms with Crippen LogP contribution in [-0.4, -0.2) is 10.1 Å². The van der Waals surface area contributed by atoms with Crippen LogP contribution in [0.2, 0.25) is 10.0 Å². The molecule has 2 aromatic heterocycles. The predicted molar refractivity (Wildman–Crippen MR) is 134 cm³/mol. The maximum absolute atomic E-state index is 6.31. The molecule has 0 amide bonds. The summed E-state index contributed by atoms with van der Waals surface area (Å²) in [6.07, 6.45) is 1.78. The molecule has 8 heteroatoms. The number of hydrogen-bond acceptors (Lipinski definition) is 4. The molecule has 160 valence electrons.